The Morgan fingerprint density at radius 1 is 0.652 bits per heavy atom. The minimum Gasteiger partial charge on any atom is -0.169 e. The summed E-state index contributed by atoms with van der Waals surface area (Å²) in [6.07, 6.45) is -11.1. The predicted octanol–water partition coefficient (Wildman–Crippen LogP) is 5.71. The Morgan fingerprint density at radius 2 is 1.13 bits per heavy atom. The molecule has 0 unspecified atom stereocenters. The van der Waals surface area contributed by atoms with Crippen LogP contribution >= 0.6 is 0 Å². The van der Waals surface area contributed by atoms with Gasteiger partial charge in [-0.1, -0.05) is 54.1 Å². The van der Waals surface area contributed by atoms with Crippen LogP contribution in [0.4, 0.5) is 26.3 Å². The summed E-state index contributed by atoms with van der Waals surface area (Å²) in [7, 11) is 0. The molecule has 0 N–H and O–H groups in total. The lowest BCUT2D eigenvalue weighted by Crippen LogP contribution is -2.55. The summed E-state index contributed by atoms with van der Waals surface area (Å²) >= 11 is 0. The van der Waals surface area contributed by atoms with Crippen molar-refractivity contribution in [3.05, 3.63) is 70.8 Å². The number of alkyl halides is 6. The van der Waals surface area contributed by atoms with Crippen LogP contribution in [0.2, 0.25) is 0 Å². The summed E-state index contributed by atoms with van der Waals surface area (Å²) in [4.78, 5) is 0. The van der Waals surface area contributed by atoms with Gasteiger partial charge in [0.25, 0.3) is 0 Å². The van der Waals surface area contributed by atoms with Crippen molar-refractivity contribution in [2.75, 3.05) is 0 Å². The highest BCUT2D eigenvalue weighted by atomic mass is 19.4. The lowest BCUT2D eigenvalue weighted by atomic mass is 9.71. The molecule has 0 bridgehead atoms. The van der Waals surface area contributed by atoms with E-state index in [0.29, 0.717) is 5.56 Å². The molecule has 0 spiro atoms. The molecule has 0 amide bonds. The molecule has 0 atom stereocenters. The molecule has 2 aromatic rings. The molecule has 0 aromatic heterocycles. The Hall–Kier alpha value is -1.98. The molecule has 0 fully saturated rings. The summed E-state index contributed by atoms with van der Waals surface area (Å²) in [5.74, 6) is 0. The minimum atomic E-state index is -5.54. The first-order valence-electron chi connectivity index (χ1n) is 6.78. The highest BCUT2D eigenvalue weighted by Crippen LogP contribution is 2.56. The monoisotopic (exact) mass is 332 g/mol. The van der Waals surface area contributed by atoms with Gasteiger partial charge in [-0.15, -0.1) is 0 Å². The van der Waals surface area contributed by atoms with Gasteiger partial charge in [0.1, 0.15) is 0 Å². The van der Waals surface area contributed by atoms with Crippen molar-refractivity contribution in [1.29, 1.82) is 0 Å². The zero-order valence-corrected chi connectivity index (χ0v) is 12.4. The molecular formula is C17H14F6. The van der Waals surface area contributed by atoms with Gasteiger partial charge in [-0.2, -0.15) is 26.3 Å². The van der Waals surface area contributed by atoms with Gasteiger partial charge >= 0.3 is 12.4 Å². The Morgan fingerprint density at radius 3 is 1.57 bits per heavy atom. The maximum atomic E-state index is 13.8. The summed E-state index contributed by atoms with van der Waals surface area (Å²) in [5, 5.41) is 0. The Kier molecular flexibility index (Phi) is 4.22. The normalized spacial score (nSPS) is 13.2. The second-order valence-electron chi connectivity index (χ2n) is 5.43. The third-order valence-corrected chi connectivity index (χ3v) is 3.88. The largest absolute Gasteiger partial charge is 0.411 e. The van der Waals surface area contributed by atoms with E-state index in [1.54, 1.807) is 6.92 Å². The number of rotatable bonds is 2. The van der Waals surface area contributed by atoms with Crippen LogP contribution < -0.4 is 0 Å². The van der Waals surface area contributed by atoms with E-state index in [1.807, 2.05) is 0 Å². The van der Waals surface area contributed by atoms with Gasteiger partial charge in [-0.3, -0.25) is 0 Å². The standard InChI is InChI=1S/C17H14F6/c1-11-7-9-13(10-8-11)15(16(18,19)20,17(21,22)23)14-6-4-3-5-12(14)2/h3-10H,1-2H3. The second kappa shape index (κ2) is 5.58. The summed E-state index contributed by atoms with van der Waals surface area (Å²) < 4.78 is 82.8. The first kappa shape index (κ1) is 17.4. The zero-order valence-electron chi connectivity index (χ0n) is 12.4. The SMILES string of the molecule is Cc1ccc(C(c2ccccc2C)(C(F)(F)F)C(F)(F)F)cc1. The summed E-state index contributed by atoms with van der Waals surface area (Å²) in [6.45, 7) is 2.84. The van der Waals surface area contributed by atoms with Crippen LogP contribution in [0.1, 0.15) is 22.3 Å². The van der Waals surface area contributed by atoms with Crippen molar-refractivity contribution in [3.8, 4) is 0 Å². The lowest BCUT2D eigenvalue weighted by molar-refractivity contribution is -0.288. The van der Waals surface area contributed by atoms with Gasteiger partial charge in [-0.25, -0.2) is 0 Å². The van der Waals surface area contributed by atoms with Crippen LogP contribution in [0.3, 0.4) is 0 Å². The third-order valence-electron chi connectivity index (χ3n) is 3.88. The fourth-order valence-electron chi connectivity index (χ4n) is 2.75. The summed E-state index contributed by atoms with van der Waals surface area (Å²) in [6, 6.07) is 9.01. The smallest absolute Gasteiger partial charge is 0.169 e. The van der Waals surface area contributed by atoms with Crippen LogP contribution in [-0.4, -0.2) is 12.4 Å². The molecule has 124 valence electrons. The molecule has 23 heavy (non-hydrogen) atoms. The van der Waals surface area contributed by atoms with E-state index in [-0.39, 0.29) is 5.56 Å². The average Bonchev–Trinajstić information content (AvgIpc) is 2.40. The molecule has 0 nitrogen and oxygen atoms in total. The van der Waals surface area contributed by atoms with Crippen LogP contribution in [-0.2, 0) is 5.41 Å². The van der Waals surface area contributed by atoms with Crippen molar-refractivity contribution in [2.45, 2.75) is 31.6 Å². The molecule has 0 aliphatic rings. The van der Waals surface area contributed by atoms with Crippen LogP contribution in [0.25, 0.3) is 0 Å². The molecule has 0 saturated heterocycles. The van der Waals surface area contributed by atoms with Crippen LogP contribution in [0.5, 0.6) is 0 Å². The topological polar surface area (TPSA) is 0 Å². The fraction of sp³-hybridized carbons (Fsp3) is 0.294. The van der Waals surface area contributed by atoms with E-state index >= 15 is 0 Å². The van der Waals surface area contributed by atoms with Crippen molar-refractivity contribution >= 4 is 0 Å². The van der Waals surface area contributed by atoms with Crippen molar-refractivity contribution < 1.29 is 26.3 Å². The van der Waals surface area contributed by atoms with E-state index in [0.717, 1.165) is 18.2 Å². The molecule has 0 saturated carbocycles. The molecule has 2 rings (SSSR count). The van der Waals surface area contributed by atoms with Crippen molar-refractivity contribution in [2.24, 2.45) is 0 Å². The fourth-order valence-corrected chi connectivity index (χ4v) is 2.75. The van der Waals surface area contributed by atoms with Gasteiger partial charge in [0, 0.05) is 0 Å². The number of benzene rings is 2. The Balaban J connectivity index is 2.93. The van der Waals surface area contributed by atoms with Crippen LogP contribution in [0.15, 0.2) is 48.5 Å². The van der Waals surface area contributed by atoms with E-state index in [1.165, 1.54) is 37.3 Å². The molecular weight excluding hydrogens is 318 g/mol. The molecule has 0 aliphatic heterocycles. The molecule has 6 heteroatoms. The van der Waals surface area contributed by atoms with E-state index in [4.69, 9.17) is 0 Å². The number of halogens is 6. The Labute approximate surface area is 129 Å². The second-order valence-corrected chi connectivity index (χ2v) is 5.43. The maximum absolute atomic E-state index is 13.8. The summed E-state index contributed by atoms with van der Waals surface area (Å²) in [5.41, 5.74) is -5.18. The number of hydrogen-bond acceptors (Lipinski definition) is 0. The molecule has 0 heterocycles. The highest BCUT2D eigenvalue weighted by molar-refractivity contribution is 5.47. The maximum Gasteiger partial charge on any atom is 0.411 e. The average molecular weight is 332 g/mol. The third kappa shape index (κ3) is 2.71. The lowest BCUT2D eigenvalue weighted by Gasteiger charge is -2.39. The molecule has 2 aromatic carbocycles. The van der Waals surface area contributed by atoms with Gasteiger partial charge in [-0.05, 0) is 30.5 Å². The number of aryl methyl sites for hydroxylation is 2. The predicted molar refractivity (Wildman–Crippen MR) is 75.2 cm³/mol. The zero-order chi connectivity index (χ0) is 17.5. The van der Waals surface area contributed by atoms with Crippen molar-refractivity contribution in [3.63, 3.8) is 0 Å². The van der Waals surface area contributed by atoms with Gasteiger partial charge in [0.2, 0.25) is 5.41 Å². The minimum absolute atomic E-state index is 0.0669. The van der Waals surface area contributed by atoms with E-state index < -0.39 is 28.9 Å². The van der Waals surface area contributed by atoms with Gasteiger partial charge < -0.3 is 0 Å². The van der Waals surface area contributed by atoms with Gasteiger partial charge in [0.05, 0.1) is 0 Å². The Bertz CT molecular complexity index is 665. The van der Waals surface area contributed by atoms with E-state index in [9.17, 15) is 26.3 Å². The molecule has 0 radical (unpaired) electrons. The number of hydrogen-bond donors (Lipinski definition) is 0. The molecule has 0 aliphatic carbocycles. The first-order chi connectivity index (χ1) is 10.5. The van der Waals surface area contributed by atoms with Crippen molar-refractivity contribution in [1.82, 2.24) is 0 Å². The highest BCUT2D eigenvalue weighted by Gasteiger charge is 2.72. The quantitative estimate of drug-likeness (QED) is 0.618. The van der Waals surface area contributed by atoms with E-state index in [2.05, 4.69) is 0 Å². The van der Waals surface area contributed by atoms with Crippen LogP contribution in [0, 0.1) is 13.8 Å². The van der Waals surface area contributed by atoms with Gasteiger partial charge in [0.15, 0.2) is 0 Å². The first-order valence-corrected chi connectivity index (χ1v) is 6.78.